The Bertz CT molecular complexity index is 675. The summed E-state index contributed by atoms with van der Waals surface area (Å²) in [7, 11) is 0. The van der Waals surface area contributed by atoms with Crippen LogP contribution in [-0.4, -0.2) is 13.1 Å². The lowest BCUT2D eigenvalue weighted by Gasteiger charge is -2.30. The van der Waals surface area contributed by atoms with Gasteiger partial charge in [0.05, 0.1) is 10.5 Å². The predicted octanol–water partition coefficient (Wildman–Crippen LogP) is 3.79. The number of nitrogens with zero attached hydrogens (tertiary/aromatic N) is 1. The van der Waals surface area contributed by atoms with Gasteiger partial charge in [-0.25, -0.2) is 8.78 Å². The number of halogens is 3. The lowest BCUT2D eigenvalue weighted by molar-refractivity contribution is 0.602. The molecule has 110 valence electrons. The van der Waals surface area contributed by atoms with Crippen LogP contribution in [0.1, 0.15) is 17.2 Å². The van der Waals surface area contributed by atoms with Gasteiger partial charge in [-0.05, 0) is 57.7 Å². The van der Waals surface area contributed by atoms with Crippen molar-refractivity contribution in [1.29, 1.82) is 0 Å². The number of hydrogen-bond acceptors (Lipinski definition) is 2. The highest BCUT2D eigenvalue weighted by Crippen LogP contribution is 2.35. The minimum absolute atomic E-state index is 0.157. The summed E-state index contributed by atoms with van der Waals surface area (Å²) in [4.78, 5) is 2.06. The molecule has 21 heavy (non-hydrogen) atoms. The zero-order valence-electron chi connectivity index (χ0n) is 11.3. The second kappa shape index (κ2) is 5.73. The first-order valence-corrected chi connectivity index (χ1v) is 7.59. The first-order valence-electron chi connectivity index (χ1n) is 6.80. The number of nitrogens with two attached hydrogens (primary N) is 1. The molecule has 2 nitrogen and oxygen atoms in total. The minimum Gasteiger partial charge on any atom is -0.363 e. The van der Waals surface area contributed by atoms with E-state index < -0.39 is 0 Å². The van der Waals surface area contributed by atoms with E-state index in [1.165, 1.54) is 18.2 Å². The number of anilines is 1. The van der Waals surface area contributed by atoms with E-state index in [0.29, 0.717) is 11.0 Å². The van der Waals surface area contributed by atoms with Crippen LogP contribution in [0.2, 0.25) is 0 Å². The zero-order chi connectivity index (χ0) is 15.0. The molecule has 1 unspecified atom stereocenters. The van der Waals surface area contributed by atoms with Gasteiger partial charge in [0.1, 0.15) is 11.6 Å². The molecular weight excluding hydrogens is 338 g/mol. The van der Waals surface area contributed by atoms with Crippen LogP contribution in [0.4, 0.5) is 14.5 Å². The van der Waals surface area contributed by atoms with E-state index in [9.17, 15) is 8.78 Å². The molecule has 0 saturated carbocycles. The van der Waals surface area contributed by atoms with Crippen LogP contribution in [0.25, 0.3) is 0 Å². The zero-order valence-corrected chi connectivity index (χ0v) is 12.9. The van der Waals surface area contributed by atoms with E-state index in [2.05, 4.69) is 20.8 Å². The molecule has 1 heterocycles. The van der Waals surface area contributed by atoms with Gasteiger partial charge in [0.25, 0.3) is 0 Å². The van der Waals surface area contributed by atoms with Gasteiger partial charge in [-0.1, -0.05) is 12.1 Å². The Morgan fingerprint density at radius 1 is 1.19 bits per heavy atom. The lowest BCUT2D eigenvalue weighted by atomic mass is 10.0. The van der Waals surface area contributed by atoms with E-state index in [0.717, 1.165) is 29.8 Å². The fourth-order valence-corrected chi connectivity index (χ4v) is 3.11. The summed E-state index contributed by atoms with van der Waals surface area (Å²) < 4.78 is 27.7. The second-order valence-electron chi connectivity index (χ2n) is 5.14. The van der Waals surface area contributed by atoms with Gasteiger partial charge < -0.3 is 10.6 Å². The molecule has 1 atom stereocenters. The van der Waals surface area contributed by atoms with Crippen molar-refractivity contribution in [2.45, 2.75) is 12.5 Å². The van der Waals surface area contributed by atoms with Gasteiger partial charge >= 0.3 is 0 Å². The number of benzene rings is 2. The average molecular weight is 353 g/mol. The normalized spacial score (nSPS) is 15.1. The minimum atomic E-state index is -0.315. The van der Waals surface area contributed by atoms with Crippen molar-refractivity contribution in [2.75, 3.05) is 18.0 Å². The Kier molecular flexibility index (Phi) is 3.95. The highest BCUT2D eigenvalue weighted by atomic mass is 79.9. The maximum Gasteiger partial charge on any atom is 0.137 e. The molecule has 3 rings (SSSR count). The van der Waals surface area contributed by atoms with Crippen molar-refractivity contribution in [3.63, 3.8) is 0 Å². The van der Waals surface area contributed by atoms with Crippen LogP contribution in [-0.2, 0) is 6.42 Å². The molecule has 0 bridgehead atoms. The van der Waals surface area contributed by atoms with E-state index >= 15 is 0 Å². The van der Waals surface area contributed by atoms with Crippen LogP contribution >= 0.6 is 15.9 Å². The number of hydrogen-bond donors (Lipinski definition) is 1. The third-order valence-electron chi connectivity index (χ3n) is 3.91. The highest BCUT2D eigenvalue weighted by molar-refractivity contribution is 9.10. The topological polar surface area (TPSA) is 29.3 Å². The maximum atomic E-state index is 13.8. The van der Waals surface area contributed by atoms with E-state index in [4.69, 9.17) is 5.73 Å². The van der Waals surface area contributed by atoms with Crippen LogP contribution in [0.3, 0.4) is 0 Å². The molecule has 5 heteroatoms. The van der Waals surface area contributed by atoms with Crippen LogP contribution < -0.4 is 10.6 Å². The van der Waals surface area contributed by atoms with E-state index in [1.54, 1.807) is 12.1 Å². The van der Waals surface area contributed by atoms with E-state index in [1.807, 2.05) is 6.07 Å². The van der Waals surface area contributed by atoms with Crippen molar-refractivity contribution >= 4 is 21.6 Å². The Labute approximate surface area is 130 Å². The largest absolute Gasteiger partial charge is 0.363 e. The van der Waals surface area contributed by atoms with Crippen LogP contribution in [0.15, 0.2) is 40.9 Å². The van der Waals surface area contributed by atoms with Crippen LogP contribution in [0, 0.1) is 11.6 Å². The first-order chi connectivity index (χ1) is 10.1. The summed E-state index contributed by atoms with van der Waals surface area (Å²) in [5, 5.41) is 0. The van der Waals surface area contributed by atoms with Crippen molar-refractivity contribution in [3.05, 3.63) is 63.6 Å². The molecule has 1 aliphatic rings. The summed E-state index contributed by atoms with van der Waals surface area (Å²) in [6, 6.07) is 9.66. The molecular formula is C16H15BrF2N2. The van der Waals surface area contributed by atoms with Gasteiger partial charge in [0.2, 0.25) is 0 Å². The van der Waals surface area contributed by atoms with Crippen molar-refractivity contribution in [1.82, 2.24) is 0 Å². The Morgan fingerprint density at radius 3 is 2.71 bits per heavy atom. The Morgan fingerprint density at radius 2 is 2.00 bits per heavy atom. The summed E-state index contributed by atoms with van der Waals surface area (Å²) in [6.45, 7) is 1.11. The van der Waals surface area contributed by atoms with Gasteiger partial charge in [0, 0.05) is 18.8 Å². The average Bonchev–Trinajstić information content (AvgIpc) is 2.87. The second-order valence-corrected chi connectivity index (χ2v) is 6.00. The molecule has 0 radical (unpaired) electrons. The Hall–Kier alpha value is -1.46. The standard InChI is InChI=1S/C16H15BrF2N2/c17-13-4-2-11(7-14(13)19)16(9-20)21-6-5-10-1-3-12(18)8-15(10)21/h1-4,7-8,16H,5-6,9,20H2. The quantitative estimate of drug-likeness (QED) is 0.910. The Balaban J connectivity index is 1.98. The monoisotopic (exact) mass is 352 g/mol. The smallest absolute Gasteiger partial charge is 0.137 e. The predicted molar refractivity (Wildman–Crippen MR) is 83.3 cm³/mol. The molecule has 0 amide bonds. The lowest BCUT2D eigenvalue weighted by Crippen LogP contribution is -2.32. The first kappa shape index (κ1) is 14.5. The molecule has 0 fully saturated rings. The molecule has 0 saturated heterocycles. The fourth-order valence-electron chi connectivity index (χ4n) is 2.86. The maximum absolute atomic E-state index is 13.8. The van der Waals surface area contributed by atoms with Crippen molar-refractivity contribution in [3.8, 4) is 0 Å². The molecule has 0 aromatic heterocycles. The SMILES string of the molecule is NCC(c1ccc(Br)c(F)c1)N1CCc2ccc(F)cc21. The third-order valence-corrected chi connectivity index (χ3v) is 4.55. The van der Waals surface area contributed by atoms with Gasteiger partial charge in [-0.15, -0.1) is 0 Å². The number of rotatable bonds is 3. The van der Waals surface area contributed by atoms with Gasteiger partial charge in [0.15, 0.2) is 0 Å². The molecule has 1 aliphatic heterocycles. The van der Waals surface area contributed by atoms with Crippen LogP contribution in [0.5, 0.6) is 0 Å². The number of fused-ring (bicyclic) bond motifs is 1. The fraction of sp³-hybridized carbons (Fsp3) is 0.250. The van der Waals surface area contributed by atoms with Crippen molar-refractivity contribution < 1.29 is 8.78 Å². The third kappa shape index (κ3) is 2.68. The molecule has 0 spiro atoms. The molecule has 0 aliphatic carbocycles. The van der Waals surface area contributed by atoms with Gasteiger partial charge in [-0.3, -0.25) is 0 Å². The summed E-state index contributed by atoms with van der Waals surface area (Å²) in [5.74, 6) is -0.581. The molecule has 2 aromatic rings. The highest BCUT2D eigenvalue weighted by Gasteiger charge is 2.27. The van der Waals surface area contributed by atoms with Crippen molar-refractivity contribution in [2.24, 2.45) is 5.73 Å². The summed E-state index contributed by atoms with van der Waals surface area (Å²) in [5.41, 5.74) is 8.66. The summed E-state index contributed by atoms with van der Waals surface area (Å²) in [6.07, 6.45) is 0.852. The molecule has 2 N–H and O–H groups in total. The summed E-state index contributed by atoms with van der Waals surface area (Å²) >= 11 is 3.15. The van der Waals surface area contributed by atoms with Gasteiger partial charge in [-0.2, -0.15) is 0 Å². The molecule has 2 aromatic carbocycles. The van der Waals surface area contributed by atoms with E-state index in [-0.39, 0.29) is 17.7 Å².